The number of benzene rings is 2. The summed E-state index contributed by atoms with van der Waals surface area (Å²) in [5.41, 5.74) is 7.30. The van der Waals surface area contributed by atoms with Crippen LogP contribution >= 0.6 is 11.6 Å². The average Bonchev–Trinajstić information content (AvgIpc) is 3.30. The summed E-state index contributed by atoms with van der Waals surface area (Å²) in [5.74, 6) is 1.56. The predicted molar refractivity (Wildman–Crippen MR) is 151 cm³/mol. The molecule has 0 aliphatic carbocycles. The number of ether oxygens (including phenoxy) is 3. The van der Waals surface area contributed by atoms with Crippen molar-refractivity contribution in [2.24, 2.45) is 11.7 Å². The van der Waals surface area contributed by atoms with Crippen LogP contribution in [0.4, 0.5) is 10.5 Å². The SMILES string of the molecule is COc1cc(NC(=O)N[C@@H]2CN(CC(N)=O)C[C@H]2N2CCC(Cc3ccc(Cl)cc3)CC2)cc(OC)c1OC. The molecule has 0 unspecified atom stereocenters. The molecule has 2 atom stereocenters. The number of nitrogens with zero attached hydrogens (tertiary/aromatic N) is 2. The summed E-state index contributed by atoms with van der Waals surface area (Å²) >= 11 is 6.03. The molecular weight excluding hydrogens is 522 g/mol. The maximum atomic E-state index is 13.1. The Balaban J connectivity index is 1.39. The number of nitrogens with one attached hydrogen (secondary N) is 2. The zero-order valence-corrected chi connectivity index (χ0v) is 23.5. The molecule has 10 nitrogen and oxygen atoms in total. The third kappa shape index (κ3) is 7.46. The number of halogens is 1. The lowest BCUT2D eigenvalue weighted by Gasteiger charge is -2.38. The summed E-state index contributed by atoms with van der Waals surface area (Å²) in [6.45, 7) is 3.23. The lowest BCUT2D eigenvalue weighted by Crippen LogP contribution is -2.54. The van der Waals surface area contributed by atoms with Crippen molar-refractivity contribution in [3.8, 4) is 17.2 Å². The Bertz CT molecular complexity index is 1110. The number of nitrogens with two attached hydrogens (primary N) is 1. The van der Waals surface area contributed by atoms with Gasteiger partial charge in [0.2, 0.25) is 11.7 Å². The zero-order chi connectivity index (χ0) is 27.9. The molecule has 2 aromatic carbocycles. The van der Waals surface area contributed by atoms with Gasteiger partial charge >= 0.3 is 6.03 Å². The van der Waals surface area contributed by atoms with Crippen molar-refractivity contribution in [2.45, 2.75) is 31.3 Å². The molecule has 2 saturated heterocycles. The van der Waals surface area contributed by atoms with E-state index in [4.69, 9.17) is 31.5 Å². The van der Waals surface area contributed by atoms with E-state index >= 15 is 0 Å². The number of primary amides is 1. The number of anilines is 1. The van der Waals surface area contributed by atoms with Crippen LogP contribution in [0.5, 0.6) is 17.2 Å². The number of urea groups is 1. The summed E-state index contributed by atoms with van der Waals surface area (Å²) in [5, 5.41) is 6.76. The normalized spacial score (nSPS) is 20.4. The van der Waals surface area contributed by atoms with Gasteiger partial charge in [-0.1, -0.05) is 23.7 Å². The van der Waals surface area contributed by atoms with Crippen molar-refractivity contribution in [1.82, 2.24) is 15.1 Å². The lowest BCUT2D eigenvalue weighted by molar-refractivity contribution is -0.118. The minimum absolute atomic E-state index is 0.0755. The van der Waals surface area contributed by atoms with Crippen LogP contribution in [0.3, 0.4) is 0 Å². The summed E-state index contributed by atoms with van der Waals surface area (Å²) in [7, 11) is 4.57. The molecule has 0 radical (unpaired) electrons. The standard InChI is InChI=1S/C28H38ClN5O5/c1-37-24-13-21(14-25(38-2)27(24)39-3)31-28(36)32-22-15-33(17-26(30)35)16-23(22)34-10-8-19(9-11-34)12-18-4-6-20(29)7-5-18/h4-7,13-14,19,22-23H,8-12,15-17H2,1-3H3,(H2,30,35)(H2,31,32,36)/t22-,23-/m1/s1. The van der Waals surface area contributed by atoms with Crippen LogP contribution in [0.2, 0.25) is 5.02 Å². The van der Waals surface area contributed by atoms with Crippen molar-refractivity contribution in [1.29, 1.82) is 0 Å². The first-order valence-corrected chi connectivity index (χ1v) is 13.5. The van der Waals surface area contributed by atoms with E-state index in [1.165, 1.54) is 26.9 Å². The molecule has 2 fully saturated rings. The summed E-state index contributed by atoms with van der Waals surface area (Å²) in [6, 6.07) is 11.0. The number of amides is 3. The number of piperidine rings is 1. The van der Waals surface area contributed by atoms with Gasteiger partial charge in [0.1, 0.15) is 0 Å². The van der Waals surface area contributed by atoms with Gasteiger partial charge in [0, 0.05) is 36.3 Å². The highest BCUT2D eigenvalue weighted by molar-refractivity contribution is 6.30. The highest BCUT2D eigenvalue weighted by Gasteiger charge is 2.39. The Hall–Kier alpha value is -3.21. The van der Waals surface area contributed by atoms with E-state index in [9.17, 15) is 9.59 Å². The van der Waals surface area contributed by atoms with Crippen molar-refractivity contribution in [2.75, 3.05) is 59.4 Å². The number of hydrogen-bond donors (Lipinski definition) is 3. The molecule has 39 heavy (non-hydrogen) atoms. The minimum atomic E-state index is -0.377. The van der Waals surface area contributed by atoms with Gasteiger partial charge in [-0.05, 0) is 56.0 Å². The Labute approximate surface area is 234 Å². The monoisotopic (exact) mass is 559 g/mol. The number of carbonyl (C=O) groups is 2. The van der Waals surface area contributed by atoms with E-state index in [0.717, 1.165) is 37.4 Å². The summed E-state index contributed by atoms with van der Waals surface area (Å²) in [6.07, 6.45) is 3.17. The van der Waals surface area contributed by atoms with E-state index in [0.29, 0.717) is 41.9 Å². The van der Waals surface area contributed by atoms with Gasteiger partial charge in [-0.2, -0.15) is 0 Å². The Morgan fingerprint density at radius 1 is 1.00 bits per heavy atom. The molecule has 2 aliphatic heterocycles. The topological polar surface area (TPSA) is 118 Å². The van der Waals surface area contributed by atoms with Crippen molar-refractivity contribution in [3.63, 3.8) is 0 Å². The minimum Gasteiger partial charge on any atom is -0.493 e. The Morgan fingerprint density at radius 3 is 2.21 bits per heavy atom. The van der Waals surface area contributed by atoms with Gasteiger partial charge in [-0.25, -0.2) is 4.79 Å². The molecule has 212 valence electrons. The molecule has 0 spiro atoms. The summed E-state index contributed by atoms with van der Waals surface area (Å²) in [4.78, 5) is 29.2. The van der Waals surface area contributed by atoms with E-state index in [1.54, 1.807) is 12.1 Å². The molecule has 2 aromatic rings. The van der Waals surface area contributed by atoms with E-state index in [-0.39, 0.29) is 30.6 Å². The van der Waals surface area contributed by atoms with Crippen LogP contribution in [0.1, 0.15) is 18.4 Å². The van der Waals surface area contributed by atoms with Crippen LogP contribution in [-0.4, -0.2) is 87.9 Å². The molecular formula is C28H38ClN5O5. The molecule has 0 bridgehead atoms. The first-order valence-electron chi connectivity index (χ1n) is 13.2. The summed E-state index contributed by atoms with van der Waals surface area (Å²) < 4.78 is 16.2. The highest BCUT2D eigenvalue weighted by Crippen LogP contribution is 2.40. The molecule has 0 saturated carbocycles. The maximum absolute atomic E-state index is 13.1. The molecule has 0 aromatic heterocycles. The second-order valence-electron chi connectivity index (χ2n) is 10.2. The van der Waals surface area contributed by atoms with Gasteiger partial charge in [-0.15, -0.1) is 0 Å². The number of likely N-dealkylation sites (tertiary alicyclic amines) is 2. The molecule has 4 rings (SSSR count). The second-order valence-corrected chi connectivity index (χ2v) is 10.6. The first-order chi connectivity index (χ1) is 18.8. The van der Waals surface area contributed by atoms with Gasteiger partial charge in [0.15, 0.2) is 11.5 Å². The number of hydrogen-bond acceptors (Lipinski definition) is 7. The highest BCUT2D eigenvalue weighted by atomic mass is 35.5. The first kappa shape index (κ1) is 28.8. The van der Waals surface area contributed by atoms with Crippen molar-refractivity contribution in [3.05, 3.63) is 47.0 Å². The number of carbonyl (C=O) groups excluding carboxylic acids is 2. The van der Waals surface area contributed by atoms with Gasteiger partial charge in [-0.3, -0.25) is 14.6 Å². The zero-order valence-electron chi connectivity index (χ0n) is 22.7. The fourth-order valence-electron chi connectivity index (χ4n) is 5.66. The molecule has 2 heterocycles. The molecule has 11 heteroatoms. The lowest BCUT2D eigenvalue weighted by atomic mass is 9.89. The average molecular weight is 560 g/mol. The molecule has 3 amide bonds. The van der Waals surface area contributed by atoms with E-state index in [1.807, 2.05) is 17.0 Å². The third-order valence-corrected chi connectivity index (χ3v) is 7.79. The smallest absolute Gasteiger partial charge is 0.319 e. The van der Waals surface area contributed by atoms with Gasteiger partial charge in [0.05, 0.1) is 39.6 Å². The van der Waals surface area contributed by atoms with E-state index in [2.05, 4.69) is 27.7 Å². The molecule has 4 N–H and O–H groups in total. The number of rotatable bonds is 10. The predicted octanol–water partition coefficient (Wildman–Crippen LogP) is 2.98. The maximum Gasteiger partial charge on any atom is 0.319 e. The Morgan fingerprint density at radius 2 is 1.64 bits per heavy atom. The van der Waals surface area contributed by atoms with Gasteiger partial charge in [0.25, 0.3) is 0 Å². The molecule has 2 aliphatic rings. The fourth-order valence-corrected chi connectivity index (χ4v) is 5.78. The largest absolute Gasteiger partial charge is 0.493 e. The van der Waals surface area contributed by atoms with Crippen LogP contribution in [0.25, 0.3) is 0 Å². The quantitative estimate of drug-likeness (QED) is 0.409. The van der Waals surface area contributed by atoms with Crippen LogP contribution in [-0.2, 0) is 11.2 Å². The Kier molecular flexibility index (Phi) is 9.77. The van der Waals surface area contributed by atoms with Crippen molar-refractivity contribution < 1.29 is 23.8 Å². The third-order valence-electron chi connectivity index (χ3n) is 7.54. The van der Waals surface area contributed by atoms with Crippen LogP contribution in [0.15, 0.2) is 36.4 Å². The van der Waals surface area contributed by atoms with E-state index < -0.39 is 0 Å². The second kappa shape index (κ2) is 13.2. The van der Waals surface area contributed by atoms with Crippen molar-refractivity contribution >= 4 is 29.2 Å². The number of methoxy groups -OCH3 is 3. The van der Waals surface area contributed by atoms with Crippen LogP contribution in [0, 0.1) is 5.92 Å². The fraction of sp³-hybridized carbons (Fsp3) is 0.500. The van der Waals surface area contributed by atoms with Gasteiger partial charge < -0.3 is 30.6 Å². The van der Waals surface area contributed by atoms with Crippen LogP contribution < -0.4 is 30.6 Å².